The van der Waals surface area contributed by atoms with Crippen molar-refractivity contribution in [1.82, 2.24) is 19.8 Å². The van der Waals surface area contributed by atoms with E-state index in [1.54, 1.807) is 30.7 Å². The topological polar surface area (TPSA) is 83.2 Å². The number of halogens is 3. The number of hydrogen-bond acceptors (Lipinski definition) is 5. The Morgan fingerprint density at radius 3 is 2.56 bits per heavy atom. The summed E-state index contributed by atoms with van der Waals surface area (Å²) >= 11 is 0. The number of amides is 1. The zero-order valence-corrected chi connectivity index (χ0v) is 22.1. The predicted octanol–water partition coefficient (Wildman–Crippen LogP) is 4.99. The molecule has 0 spiro atoms. The summed E-state index contributed by atoms with van der Waals surface area (Å²) in [5.74, 6) is -0.425. The maximum Gasteiger partial charge on any atom is 0.573 e. The highest BCUT2D eigenvalue weighted by atomic mass is 19.4. The van der Waals surface area contributed by atoms with Crippen LogP contribution in [0.3, 0.4) is 0 Å². The Bertz CT molecular complexity index is 1540. The number of alkyl halides is 3. The van der Waals surface area contributed by atoms with Crippen LogP contribution in [0.5, 0.6) is 5.75 Å². The lowest BCUT2D eigenvalue weighted by molar-refractivity contribution is -0.274. The number of nitrogens with one attached hydrogen (secondary N) is 1. The van der Waals surface area contributed by atoms with Gasteiger partial charge in [-0.1, -0.05) is 48.5 Å². The van der Waals surface area contributed by atoms with Gasteiger partial charge in [0.1, 0.15) is 5.75 Å². The van der Waals surface area contributed by atoms with Gasteiger partial charge in [-0.2, -0.15) is 5.26 Å². The third kappa shape index (κ3) is 7.32. The Morgan fingerprint density at radius 2 is 1.80 bits per heavy atom. The molecule has 41 heavy (non-hydrogen) atoms. The van der Waals surface area contributed by atoms with Crippen molar-refractivity contribution in [1.29, 1.82) is 5.26 Å². The number of benzene rings is 3. The summed E-state index contributed by atoms with van der Waals surface area (Å²) < 4.78 is 44.3. The lowest BCUT2D eigenvalue weighted by atomic mass is 9.93. The van der Waals surface area contributed by atoms with Gasteiger partial charge in [0.25, 0.3) is 0 Å². The van der Waals surface area contributed by atoms with Crippen molar-refractivity contribution in [2.24, 2.45) is 0 Å². The fourth-order valence-electron chi connectivity index (χ4n) is 5.09. The number of carbonyl (C=O) groups is 1. The average molecular weight is 560 g/mol. The molecular weight excluding hydrogens is 531 g/mol. The molecule has 2 heterocycles. The molecule has 1 aliphatic heterocycles. The molecule has 0 aliphatic carbocycles. The molecule has 0 radical (unpaired) electrons. The predicted molar refractivity (Wildman–Crippen MR) is 146 cm³/mol. The number of hydrogen-bond donors (Lipinski definition) is 1. The number of nitrogens with zero attached hydrogens (tertiary/aromatic N) is 4. The van der Waals surface area contributed by atoms with Gasteiger partial charge in [-0.25, -0.2) is 4.98 Å². The number of aromatic nitrogens is 2. The summed E-state index contributed by atoms with van der Waals surface area (Å²) in [5, 5.41) is 12.1. The van der Waals surface area contributed by atoms with Crippen molar-refractivity contribution >= 4 is 5.91 Å². The quantitative estimate of drug-likeness (QED) is 0.313. The molecule has 10 heteroatoms. The van der Waals surface area contributed by atoms with E-state index in [1.807, 2.05) is 45.9 Å². The van der Waals surface area contributed by atoms with E-state index >= 15 is 0 Å². The van der Waals surface area contributed by atoms with Gasteiger partial charge >= 0.3 is 6.36 Å². The zero-order valence-electron chi connectivity index (χ0n) is 22.1. The smallest absolute Gasteiger partial charge is 0.406 e. The van der Waals surface area contributed by atoms with Crippen LogP contribution in [0, 0.1) is 11.3 Å². The molecule has 1 atom stereocenters. The normalized spacial score (nSPS) is 15.1. The lowest BCUT2D eigenvalue weighted by Crippen LogP contribution is -2.50. The number of ether oxygens (including phenoxy) is 1. The second kappa shape index (κ2) is 12.3. The van der Waals surface area contributed by atoms with Crippen LogP contribution in [0.25, 0.3) is 0 Å². The standard InChI is InChI=1S/C31H28F3N5O2/c32-31(33,34)41-28-7-3-4-24(14-28)19-38-20-26-6-2-1-5-25(26)15-29(38)30(40)37-13-12-27-17-36-21-39(27)18-23-10-8-22(16-35)9-11-23/h1-11,14,17,21,29H,12-13,15,18-20H2,(H,37,40)/t29-/m0/s1. The highest BCUT2D eigenvalue weighted by Gasteiger charge is 2.33. The molecule has 0 bridgehead atoms. The van der Waals surface area contributed by atoms with Gasteiger partial charge < -0.3 is 14.6 Å². The van der Waals surface area contributed by atoms with Gasteiger partial charge in [0, 0.05) is 44.5 Å². The molecule has 1 amide bonds. The molecule has 1 aromatic heterocycles. The molecule has 7 nitrogen and oxygen atoms in total. The third-order valence-electron chi connectivity index (χ3n) is 7.08. The van der Waals surface area contributed by atoms with Gasteiger partial charge in [0.05, 0.1) is 24.0 Å². The van der Waals surface area contributed by atoms with Crippen molar-refractivity contribution in [2.45, 2.75) is 44.9 Å². The molecule has 210 valence electrons. The Labute approximate surface area is 235 Å². The minimum absolute atomic E-state index is 0.139. The Morgan fingerprint density at radius 1 is 1.02 bits per heavy atom. The van der Waals surface area contributed by atoms with E-state index in [-0.39, 0.29) is 11.7 Å². The minimum atomic E-state index is -4.78. The second-order valence-electron chi connectivity index (χ2n) is 9.95. The number of nitriles is 1. The van der Waals surface area contributed by atoms with Gasteiger partial charge in [0.15, 0.2) is 0 Å². The summed E-state index contributed by atoms with van der Waals surface area (Å²) in [5.41, 5.74) is 5.39. The van der Waals surface area contributed by atoms with Crippen LogP contribution in [0.4, 0.5) is 13.2 Å². The monoisotopic (exact) mass is 559 g/mol. The molecular formula is C31H28F3N5O2. The van der Waals surface area contributed by atoms with Crippen molar-refractivity contribution in [3.05, 3.63) is 119 Å². The number of carbonyl (C=O) groups excluding carboxylic acids is 1. The molecule has 0 unspecified atom stereocenters. The first-order valence-corrected chi connectivity index (χ1v) is 13.2. The van der Waals surface area contributed by atoms with Crippen LogP contribution >= 0.6 is 0 Å². The molecule has 0 saturated carbocycles. The maximum atomic E-state index is 13.5. The number of rotatable bonds is 9. The van der Waals surface area contributed by atoms with Crippen LogP contribution < -0.4 is 10.1 Å². The molecule has 0 saturated heterocycles. The highest BCUT2D eigenvalue weighted by Crippen LogP contribution is 2.28. The van der Waals surface area contributed by atoms with Crippen LogP contribution in [0.1, 0.15) is 33.5 Å². The molecule has 5 rings (SSSR count). The van der Waals surface area contributed by atoms with Crippen LogP contribution in [-0.2, 0) is 37.3 Å². The molecule has 4 aromatic rings. The maximum absolute atomic E-state index is 13.5. The van der Waals surface area contributed by atoms with Crippen LogP contribution in [-0.4, -0.2) is 39.3 Å². The van der Waals surface area contributed by atoms with Crippen LogP contribution in [0.2, 0.25) is 0 Å². The zero-order chi connectivity index (χ0) is 28.8. The summed E-state index contributed by atoms with van der Waals surface area (Å²) in [6, 6.07) is 22.8. The Hall–Kier alpha value is -4.62. The second-order valence-corrected chi connectivity index (χ2v) is 9.95. The van der Waals surface area contributed by atoms with E-state index in [2.05, 4.69) is 21.1 Å². The largest absolute Gasteiger partial charge is 0.573 e. The fraction of sp³-hybridized carbons (Fsp3) is 0.258. The average Bonchev–Trinajstić information content (AvgIpc) is 3.39. The summed E-state index contributed by atoms with van der Waals surface area (Å²) in [4.78, 5) is 19.7. The van der Waals surface area contributed by atoms with Crippen LogP contribution in [0.15, 0.2) is 85.3 Å². The first-order valence-electron chi connectivity index (χ1n) is 13.2. The summed E-state index contributed by atoms with van der Waals surface area (Å²) in [6.07, 6.45) is -0.192. The Balaban J connectivity index is 1.24. The first kappa shape index (κ1) is 27.9. The van der Waals surface area contributed by atoms with Crippen molar-refractivity contribution in [3.8, 4) is 11.8 Å². The van der Waals surface area contributed by atoms with Crippen molar-refractivity contribution < 1.29 is 22.7 Å². The van der Waals surface area contributed by atoms with E-state index in [0.29, 0.717) is 50.1 Å². The van der Waals surface area contributed by atoms with E-state index < -0.39 is 12.4 Å². The highest BCUT2D eigenvalue weighted by molar-refractivity contribution is 5.82. The SMILES string of the molecule is N#Cc1ccc(Cn2cncc2CCNC(=O)[C@@H]2Cc3ccccc3CN2Cc2cccc(OC(F)(F)F)c2)cc1. The van der Waals surface area contributed by atoms with Crippen molar-refractivity contribution in [3.63, 3.8) is 0 Å². The van der Waals surface area contributed by atoms with E-state index in [9.17, 15) is 18.0 Å². The van der Waals surface area contributed by atoms with Gasteiger partial charge in [-0.15, -0.1) is 13.2 Å². The molecule has 1 N–H and O–H groups in total. The van der Waals surface area contributed by atoms with Gasteiger partial charge in [-0.05, 0) is 52.9 Å². The van der Waals surface area contributed by atoms with Crippen molar-refractivity contribution in [2.75, 3.05) is 6.54 Å². The van der Waals surface area contributed by atoms with E-state index in [4.69, 9.17) is 5.26 Å². The molecule has 3 aromatic carbocycles. The number of fused-ring (bicyclic) bond motifs is 1. The van der Waals surface area contributed by atoms with E-state index in [1.165, 1.54) is 18.2 Å². The summed E-state index contributed by atoms with van der Waals surface area (Å²) in [7, 11) is 0. The lowest BCUT2D eigenvalue weighted by Gasteiger charge is -2.36. The van der Waals surface area contributed by atoms with Gasteiger partial charge in [-0.3, -0.25) is 9.69 Å². The number of imidazole rings is 1. The fourth-order valence-corrected chi connectivity index (χ4v) is 5.09. The third-order valence-corrected chi connectivity index (χ3v) is 7.08. The Kier molecular flexibility index (Phi) is 8.36. The molecule has 1 aliphatic rings. The van der Waals surface area contributed by atoms with Gasteiger partial charge in [0.2, 0.25) is 5.91 Å². The minimum Gasteiger partial charge on any atom is -0.406 e. The van der Waals surface area contributed by atoms with E-state index in [0.717, 1.165) is 22.4 Å². The molecule has 0 fully saturated rings. The first-order chi connectivity index (χ1) is 19.8. The summed E-state index contributed by atoms with van der Waals surface area (Å²) in [6.45, 7) is 1.78.